The van der Waals surface area contributed by atoms with Crippen molar-refractivity contribution in [3.05, 3.63) is 41.5 Å². The van der Waals surface area contributed by atoms with Gasteiger partial charge in [0.15, 0.2) is 0 Å². The zero-order valence-corrected chi connectivity index (χ0v) is 11.3. The molecule has 4 nitrogen and oxygen atoms in total. The van der Waals surface area contributed by atoms with Gasteiger partial charge >= 0.3 is 5.97 Å². The van der Waals surface area contributed by atoms with Crippen molar-refractivity contribution in [2.24, 2.45) is 5.92 Å². The molecule has 2 N–H and O–H groups in total. The van der Waals surface area contributed by atoms with Crippen LogP contribution in [0.25, 0.3) is 6.08 Å². The van der Waals surface area contributed by atoms with Gasteiger partial charge in [-0.2, -0.15) is 0 Å². The highest BCUT2D eigenvalue weighted by atomic mass is 16.4. The first kappa shape index (κ1) is 14.3. The zero-order valence-electron chi connectivity index (χ0n) is 11.3. The van der Waals surface area contributed by atoms with Gasteiger partial charge in [0.25, 0.3) is 5.91 Å². The van der Waals surface area contributed by atoms with E-state index in [0.717, 1.165) is 18.4 Å². The van der Waals surface area contributed by atoms with E-state index in [2.05, 4.69) is 5.32 Å². The van der Waals surface area contributed by atoms with E-state index in [1.807, 2.05) is 0 Å². The monoisotopic (exact) mass is 273 g/mol. The molecule has 0 heterocycles. The molecule has 20 heavy (non-hydrogen) atoms. The average Bonchev–Trinajstić information content (AvgIpc) is 2.39. The molecule has 1 aromatic carbocycles. The van der Waals surface area contributed by atoms with E-state index in [1.54, 1.807) is 24.3 Å². The smallest absolute Gasteiger partial charge is 0.328 e. The molecule has 1 amide bonds. The van der Waals surface area contributed by atoms with Gasteiger partial charge in [-0.25, -0.2) is 4.79 Å². The lowest BCUT2D eigenvalue weighted by atomic mass is 9.83. The van der Waals surface area contributed by atoms with Gasteiger partial charge in [-0.05, 0) is 36.1 Å². The van der Waals surface area contributed by atoms with Crippen molar-refractivity contribution in [1.82, 2.24) is 5.32 Å². The van der Waals surface area contributed by atoms with Crippen LogP contribution in [-0.4, -0.2) is 23.5 Å². The maximum absolute atomic E-state index is 12.0. The Labute approximate surface area is 118 Å². The van der Waals surface area contributed by atoms with E-state index in [0.29, 0.717) is 17.7 Å². The molecule has 0 radical (unpaired) electrons. The third-order valence-electron chi connectivity index (χ3n) is 3.63. The maximum Gasteiger partial charge on any atom is 0.328 e. The first-order chi connectivity index (χ1) is 9.65. The summed E-state index contributed by atoms with van der Waals surface area (Å²) in [6, 6.07) is 6.95. The summed E-state index contributed by atoms with van der Waals surface area (Å²) in [7, 11) is 0. The van der Waals surface area contributed by atoms with Crippen LogP contribution in [0.5, 0.6) is 0 Å². The fourth-order valence-corrected chi connectivity index (χ4v) is 2.22. The quantitative estimate of drug-likeness (QED) is 0.783. The minimum absolute atomic E-state index is 0.102. The number of rotatable bonds is 6. The summed E-state index contributed by atoms with van der Waals surface area (Å²) in [5.41, 5.74) is 1.27. The van der Waals surface area contributed by atoms with Gasteiger partial charge in [-0.3, -0.25) is 4.79 Å². The minimum atomic E-state index is -1.000. The average molecular weight is 273 g/mol. The predicted molar refractivity (Wildman–Crippen MR) is 77.4 cm³/mol. The van der Waals surface area contributed by atoms with Gasteiger partial charge < -0.3 is 10.4 Å². The zero-order chi connectivity index (χ0) is 14.4. The Kier molecular flexibility index (Phi) is 4.93. The number of benzene rings is 1. The van der Waals surface area contributed by atoms with Gasteiger partial charge in [-0.15, -0.1) is 0 Å². The molecular weight excluding hydrogens is 254 g/mol. The Morgan fingerprint density at radius 2 is 2.15 bits per heavy atom. The number of amides is 1. The van der Waals surface area contributed by atoms with Crippen LogP contribution in [0, 0.1) is 5.92 Å². The number of carbonyl (C=O) groups excluding carboxylic acids is 1. The molecule has 0 saturated heterocycles. The maximum atomic E-state index is 12.0. The Balaban J connectivity index is 1.88. The number of hydrogen-bond acceptors (Lipinski definition) is 2. The van der Waals surface area contributed by atoms with Gasteiger partial charge in [0.1, 0.15) is 0 Å². The predicted octanol–water partition coefficient (Wildman–Crippen LogP) is 2.70. The summed E-state index contributed by atoms with van der Waals surface area (Å²) in [4.78, 5) is 22.4. The Morgan fingerprint density at radius 3 is 2.80 bits per heavy atom. The van der Waals surface area contributed by atoms with Gasteiger partial charge in [-0.1, -0.05) is 31.4 Å². The summed E-state index contributed by atoms with van der Waals surface area (Å²) in [5, 5.41) is 11.5. The van der Waals surface area contributed by atoms with E-state index in [4.69, 9.17) is 5.11 Å². The molecular formula is C16H19NO3. The van der Waals surface area contributed by atoms with Crippen molar-refractivity contribution in [2.75, 3.05) is 6.54 Å². The molecule has 0 aliphatic heterocycles. The largest absolute Gasteiger partial charge is 0.478 e. The van der Waals surface area contributed by atoms with Crippen molar-refractivity contribution < 1.29 is 14.7 Å². The van der Waals surface area contributed by atoms with Crippen molar-refractivity contribution in [3.63, 3.8) is 0 Å². The highest BCUT2D eigenvalue weighted by Crippen LogP contribution is 2.28. The SMILES string of the molecule is O=C(O)/C=C/c1cccc(C(=O)NCCC2CCC2)c1. The van der Waals surface area contributed by atoms with Crippen LogP contribution in [0.4, 0.5) is 0 Å². The van der Waals surface area contributed by atoms with Crippen molar-refractivity contribution in [2.45, 2.75) is 25.7 Å². The molecule has 0 unspecified atom stereocenters. The number of carboxylic acid groups (broad SMARTS) is 1. The minimum Gasteiger partial charge on any atom is -0.478 e. The van der Waals surface area contributed by atoms with Gasteiger partial charge in [0.05, 0.1) is 0 Å². The molecule has 4 heteroatoms. The number of carboxylic acids is 1. The molecule has 1 aliphatic carbocycles. The van der Waals surface area contributed by atoms with E-state index in [1.165, 1.54) is 25.3 Å². The first-order valence-corrected chi connectivity index (χ1v) is 6.94. The van der Waals surface area contributed by atoms with Crippen molar-refractivity contribution in [3.8, 4) is 0 Å². The molecule has 1 fully saturated rings. The Morgan fingerprint density at radius 1 is 1.35 bits per heavy atom. The molecule has 0 atom stereocenters. The Hall–Kier alpha value is -2.10. The summed E-state index contributed by atoms with van der Waals surface area (Å²) in [6.45, 7) is 0.707. The number of nitrogens with one attached hydrogen (secondary N) is 1. The summed E-state index contributed by atoms with van der Waals surface area (Å²) in [5.74, 6) is -0.324. The molecule has 0 aromatic heterocycles. The van der Waals surface area contributed by atoms with Gasteiger partial charge in [0, 0.05) is 18.2 Å². The second kappa shape index (κ2) is 6.89. The van der Waals surface area contributed by atoms with Crippen LogP contribution in [-0.2, 0) is 4.79 Å². The molecule has 1 saturated carbocycles. The molecule has 2 rings (SSSR count). The van der Waals surface area contributed by atoms with E-state index >= 15 is 0 Å². The second-order valence-corrected chi connectivity index (χ2v) is 5.14. The highest BCUT2D eigenvalue weighted by Gasteiger charge is 2.17. The van der Waals surface area contributed by atoms with Crippen LogP contribution >= 0.6 is 0 Å². The normalized spacial score (nSPS) is 15.0. The van der Waals surface area contributed by atoms with Crippen LogP contribution in [0.1, 0.15) is 41.6 Å². The fraction of sp³-hybridized carbons (Fsp3) is 0.375. The summed E-state index contributed by atoms with van der Waals surface area (Å²) >= 11 is 0. The second-order valence-electron chi connectivity index (χ2n) is 5.14. The fourth-order valence-electron chi connectivity index (χ4n) is 2.22. The lowest BCUT2D eigenvalue weighted by Crippen LogP contribution is -2.27. The van der Waals surface area contributed by atoms with Crippen LogP contribution in [0.3, 0.4) is 0 Å². The number of hydrogen-bond donors (Lipinski definition) is 2. The van der Waals surface area contributed by atoms with Crippen molar-refractivity contribution in [1.29, 1.82) is 0 Å². The third-order valence-corrected chi connectivity index (χ3v) is 3.63. The Bertz CT molecular complexity index is 518. The van der Waals surface area contributed by atoms with Crippen molar-refractivity contribution >= 4 is 18.0 Å². The van der Waals surface area contributed by atoms with E-state index < -0.39 is 5.97 Å². The lowest BCUT2D eigenvalue weighted by molar-refractivity contribution is -0.131. The molecule has 106 valence electrons. The number of carbonyl (C=O) groups is 2. The first-order valence-electron chi connectivity index (χ1n) is 6.94. The molecule has 1 aliphatic rings. The van der Waals surface area contributed by atoms with Crippen LogP contribution < -0.4 is 5.32 Å². The summed E-state index contributed by atoms with van der Waals surface area (Å²) in [6.07, 6.45) is 7.47. The third kappa shape index (κ3) is 4.23. The van der Waals surface area contributed by atoms with E-state index in [-0.39, 0.29) is 5.91 Å². The van der Waals surface area contributed by atoms with Crippen LogP contribution in [0.15, 0.2) is 30.3 Å². The van der Waals surface area contributed by atoms with Crippen LogP contribution in [0.2, 0.25) is 0 Å². The van der Waals surface area contributed by atoms with E-state index in [9.17, 15) is 9.59 Å². The molecule has 0 spiro atoms. The summed E-state index contributed by atoms with van der Waals surface area (Å²) < 4.78 is 0. The lowest BCUT2D eigenvalue weighted by Gasteiger charge is -2.25. The van der Waals surface area contributed by atoms with Gasteiger partial charge in [0.2, 0.25) is 0 Å². The number of aliphatic carboxylic acids is 1. The molecule has 1 aromatic rings. The highest BCUT2D eigenvalue weighted by molar-refractivity contribution is 5.95. The molecule has 0 bridgehead atoms. The standard InChI is InChI=1S/C16H19NO3/c18-15(19)8-7-13-5-2-6-14(11-13)16(20)17-10-9-12-3-1-4-12/h2,5-8,11-12H,1,3-4,9-10H2,(H,17,20)(H,18,19)/b8-7+. The topological polar surface area (TPSA) is 66.4 Å².